The van der Waals surface area contributed by atoms with Gasteiger partial charge in [0.15, 0.2) is 5.78 Å². The van der Waals surface area contributed by atoms with Crippen molar-refractivity contribution in [1.82, 2.24) is 0 Å². The normalized spacial score (nSPS) is 12.1. The van der Waals surface area contributed by atoms with Gasteiger partial charge in [-0.25, -0.2) is 0 Å². The van der Waals surface area contributed by atoms with Gasteiger partial charge in [-0.05, 0) is 54.8 Å². The van der Waals surface area contributed by atoms with Crippen molar-refractivity contribution in [3.8, 4) is 11.5 Å². The first-order valence-electron chi connectivity index (χ1n) is 16.7. The molecule has 5 heteroatoms. The first-order chi connectivity index (χ1) is 20.5. The molecule has 2 aromatic carbocycles. The van der Waals surface area contributed by atoms with Crippen LogP contribution in [0.15, 0.2) is 54.6 Å². The van der Waals surface area contributed by atoms with E-state index in [2.05, 4.69) is 19.1 Å². The lowest BCUT2D eigenvalue weighted by Gasteiger charge is -2.10. The van der Waals surface area contributed by atoms with Crippen molar-refractivity contribution < 1.29 is 19.7 Å². The van der Waals surface area contributed by atoms with Crippen molar-refractivity contribution >= 4 is 11.5 Å². The number of aromatic hydroxyl groups is 1. The number of nitrogens with two attached hydrogens (primary N) is 1. The molecule has 0 saturated carbocycles. The third kappa shape index (κ3) is 16.6. The first kappa shape index (κ1) is 35.4. The van der Waals surface area contributed by atoms with Gasteiger partial charge in [-0.15, -0.1) is 0 Å². The highest BCUT2D eigenvalue weighted by Crippen LogP contribution is 2.22. The van der Waals surface area contributed by atoms with Gasteiger partial charge in [-0.3, -0.25) is 4.79 Å². The van der Waals surface area contributed by atoms with Crippen LogP contribution in [-0.4, -0.2) is 22.3 Å². The molecular weight excluding hydrogens is 522 g/mol. The fraction of sp³-hybridized carbons (Fsp3) is 0.595. The largest absolute Gasteiger partial charge is 0.506 e. The van der Waals surface area contributed by atoms with Crippen LogP contribution in [0, 0.1) is 0 Å². The molecule has 2 rings (SSSR count). The molecule has 0 aliphatic rings. The lowest BCUT2D eigenvalue weighted by Crippen LogP contribution is -2.12. The number of ether oxygens (including phenoxy) is 1. The molecule has 2 aromatic rings. The lowest BCUT2D eigenvalue weighted by molar-refractivity contribution is 0.0246. The van der Waals surface area contributed by atoms with Crippen molar-refractivity contribution in [3.63, 3.8) is 0 Å². The summed E-state index contributed by atoms with van der Waals surface area (Å²) in [6.45, 7) is 2.28. The third-order valence-electron chi connectivity index (χ3n) is 7.96. The molecular formula is C37H57NO4. The van der Waals surface area contributed by atoms with E-state index < -0.39 is 6.29 Å². The number of nitrogen functional groups attached to an aromatic ring is 1. The minimum atomic E-state index is -1.14. The van der Waals surface area contributed by atoms with Gasteiger partial charge in [0.05, 0.1) is 5.69 Å². The second-order valence-electron chi connectivity index (χ2n) is 11.7. The highest BCUT2D eigenvalue weighted by molar-refractivity contribution is 5.97. The van der Waals surface area contributed by atoms with E-state index in [-0.39, 0.29) is 23.6 Å². The van der Waals surface area contributed by atoms with Crippen LogP contribution in [0.4, 0.5) is 5.69 Å². The maximum absolute atomic E-state index is 12.2. The summed E-state index contributed by atoms with van der Waals surface area (Å²) in [5.41, 5.74) is 7.44. The van der Waals surface area contributed by atoms with Crippen molar-refractivity contribution in [3.05, 3.63) is 65.7 Å². The van der Waals surface area contributed by atoms with Crippen molar-refractivity contribution in [2.45, 2.75) is 142 Å². The monoisotopic (exact) mass is 579 g/mol. The Balaban J connectivity index is 1.43. The van der Waals surface area contributed by atoms with Crippen LogP contribution in [-0.2, 0) is 6.42 Å². The Kier molecular flexibility index (Phi) is 19.2. The first-order valence-corrected chi connectivity index (χ1v) is 16.7. The molecule has 0 heterocycles. The number of hydrogen-bond acceptors (Lipinski definition) is 5. The number of Topliss-reactive ketones (excluding diaryl/α,β-unsaturated/α-hetero) is 1. The molecule has 5 nitrogen and oxygen atoms in total. The van der Waals surface area contributed by atoms with Crippen LogP contribution < -0.4 is 10.5 Å². The smallest absolute Gasteiger partial charge is 0.217 e. The van der Waals surface area contributed by atoms with Crippen LogP contribution in [0.5, 0.6) is 11.5 Å². The number of carbonyl (C=O) groups is 1. The number of aliphatic hydroxyl groups is 1. The molecule has 1 atom stereocenters. The van der Waals surface area contributed by atoms with Crippen LogP contribution in [0.1, 0.15) is 145 Å². The maximum Gasteiger partial charge on any atom is 0.217 e. The van der Waals surface area contributed by atoms with Crippen molar-refractivity contribution in [1.29, 1.82) is 0 Å². The van der Waals surface area contributed by atoms with Crippen LogP contribution in [0.2, 0.25) is 0 Å². The van der Waals surface area contributed by atoms with E-state index >= 15 is 0 Å². The highest BCUT2D eigenvalue weighted by Gasteiger charge is 2.08. The molecule has 0 aromatic heterocycles. The molecule has 0 saturated heterocycles. The summed E-state index contributed by atoms with van der Waals surface area (Å²) in [7, 11) is 0. The Morgan fingerprint density at radius 3 is 1.76 bits per heavy atom. The summed E-state index contributed by atoms with van der Waals surface area (Å²) in [5, 5.41) is 19.8. The van der Waals surface area contributed by atoms with Gasteiger partial charge in [0.1, 0.15) is 11.5 Å². The molecule has 0 radical (unpaired) electrons. The van der Waals surface area contributed by atoms with Gasteiger partial charge in [0.2, 0.25) is 6.29 Å². The van der Waals surface area contributed by atoms with Gasteiger partial charge in [-0.1, -0.05) is 134 Å². The minimum Gasteiger partial charge on any atom is -0.506 e. The molecule has 0 bridgehead atoms. The summed E-state index contributed by atoms with van der Waals surface area (Å²) in [6.07, 6.45) is 28.0. The van der Waals surface area contributed by atoms with E-state index in [1.54, 1.807) is 12.1 Å². The number of allylic oxidation sites excluding steroid dienone is 1. The lowest BCUT2D eigenvalue weighted by atomic mass is 10.0. The minimum absolute atomic E-state index is 0.0854. The number of carbonyl (C=O) groups excluding carboxylic acids is 1. The number of ketones is 1. The van der Waals surface area contributed by atoms with Gasteiger partial charge in [-0.2, -0.15) is 0 Å². The molecule has 0 aliphatic heterocycles. The van der Waals surface area contributed by atoms with Crippen molar-refractivity contribution in [2.24, 2.45) is 0 Å². The fourth-order valence-corrected chi connectivity index (χ4v) is 5.27. The van der Waals surface area contributed by atoms with E-state index in [4.69, 9.17) is 10.5 Å². The zero-order valence-corrected chi connectivity index (χ0v) is 26.2. The fourth-order valence-electron chi connectivity index (χ4n) is 5.27. The zero-order valence-electron chi connectivity index (χ0n) is 26.2. The third-order valence-corrected chi connectivity index (χ3v) is 7.96. The zero-order chi connectivity index (χ0) is 30.3. The predicted molar refractivity (Wildman–Crippen MR) is 176 cm³/mol. The van der Waals surface area contributed by atoms with Gasteiger partial charge < -0.3 is 20.7 Å². The SMILES string of the molecule is CCCCCCCCCCCCCCCCCCCCc1ccc(OC(O)C=CCC(=O)c2ccc(N)c(O)c2)cc1. The Hall–Kier alpha value is -2.79. The topological polar surface area (TPSA) is 92.8 Å². The van der Waals surface area contributed by atoms with E-state index in [1.807, 2.05) is 12.1 Å². The molecule has 0 spiro atoms. The molecule has 234 valence electrons. The van der Waals surface area contributed by atoms with E-state index in [1.165, 1.54) is 139 Å². The Morgan fingerprint density at radius 2 is 1.26 bits per heavy atom. The number of hydrogen-bond donors (Lipinski definition) is 3. The molecule has 0 amide bonds. The summed E-state index contributed by atoms with van der Waals surface area (Å²) < 4.78 is 5.53. The summed E-state index contributed by atoms with van der Waals surface area (Å²) in [4.78, 5) is 12.2. The van der Waals surface area contributed by atoms with E-state index in [9.17, 15) is 15.0 Å². The number of unbranched alkanes of at least 4 members (excludes halogenated alkanes) is 17. The molecule has 1 unspecified atom stereocenters. The number of anilines is 1. The number of benzene rings is 2. The quantitative estimate of drug-likeness (QED) is 0.0272. The van der Waals surface area contributed by atoms with Crippen LogP contribution in [0.3, 0.4) is 0 Å². The summed E-state index contributed by atoms with van der Waals surface area (Å²) >= 11 is 0. The number of phenolic OH excluding ortho intramolecular Hbond substituents is 1. The number of rotatable bonds is 25. The second-order valence-corrected chi connectivity index (χ2v) is 11.7. The summed E-state index contributed by atoms with van der Waals surface area (Å²) in [6, 6.07) is 12.3. The average molecular weight is 580 g/mol. The number of aliphatic hydroxyl groups excluding tert-OH is 1. The summed E-state index contributed by atoms with van der Waals surface area (Å²) in [5.74, 6) is 0.290. The van der Waals surface area contributed by atoms with Crippen LogP contribution >= 0.6 is 0 Å². The average Bonchev–Trinajstić information content (AvgIpc) is 2.98. The Morgan fingerprint density at radius 1 is 0.762 bits per heavy atom. The molecule has 4 N–H and O–H groups in total. The van der Waals surface area contributed by atoms with Crippen LogP contribution in [0.25, 0.3) is 0 Å². The van der Waals surface area contributed by atoms with Gasteiger partial charge >= 0.3 is 0 Å². The Labute approximate surface area is 255 Å². The van der Waals surface area contributed by atoms with Gasteiger partial charge in [0.25, 0.3) is 0 Å². The molecule has 42 heavy (non-hydrogen) atoms. The molecule has 0 fully saturated rings. The van der Waals surface area contributed by atoms with Crippen molar-refractivity contribution in [2.75, 3.05) is 5.73 Å². The van der Waals surface area contributed by atoms with E-state index in [0.29, 0.717) is 11.3 Å². The Bertz CT molecular complexity index is 1000. The number of aryl methyl sites for hydroxylation is 1. The molecule has 0 aliphatic carbocycles. The predicted octanol–water partition coefficient (Wildman–Crippen LogP) is 10.1. The maximum atomic E-state index is 12.2. The standard InChI is InChI=1S/C37H57NO4/c1-2-3-4-5-6-7-8-9-10-11-12-13-14-15-16-17-18-19-21-31-24-27-33(28-25-31)42-37(41)23-20-22-35(39)32-26-29-34(38)36(40)30-32/h20,23-30,37,40-41H,2-19,21-22,38H2,1H3. The number of phenols is 1. The van der Waals surface area contributed by atoms with E-state index in [0.717, 1.165) is 6.42 Å². The highest BCUT2D eigenvalue weighted by atomic mass is 16.6. The van der Waals surface area contributed by atoms with Gasteiger partial charge in [0, 0.05) is 12.0 Å². The second kappa shape index (κ2) is 22.8.